The van der Waals surface area contributed by atoms with Gasteiger partial charge in [0, 0.05) is 25.4 Å². The van der Waals surface area contributed by atoms with E-state index in [0.717, 1.165) is 0 Å². The molecule has 0 aliphatic rings. The highest BCUT2D eigenvalue weighted by Gasteiger charge is 2.17. The lowest BCUT2D eigenvalue weighted by Crippen LogP contribution is -2.46. The van der Waals surface area contributed by atoms with E-state index < -0.39 is 5.97 Å². The van der Waals surface area contributed by atoms with Crippen molar-refractivity contribution in [1.82, 2.24) is 10.2 Å². The average molecular weight is 272 g/mol. The monoisotopic (exact) mass is 272 g/mol. The van der Waals surface area contributed by atoms with Crippen molar-refractivity contribution in [3.63, 3.8) is 0 Å². The van der Waals surface area contributed by atoms with Crippen LogP contribution in [-0.2, 0) is 14.4 Å². The van der Waals surface area contributed by atoms with Crippen LogP contribution in [0.25, 0.3) is 0 Å². The Labute approximate surface area is 114 Å². The molecule has 0 spiro atoms. The number of carbonyl (C=O) groups excluding carboxylic acids is 2. The molecule has 0 heterocycles. The predicted octanol–water partition coefficient (Wildman–Crippen LogP) is 1.00. The van der Waals surface area contributed by atoms with Gasteiger partial charge in [0.25, 0.3) is 0 Å². The molecule has 0 aromatic carbocycles. The number of likely N-dealkylation sites (N-methyl/N-ethyl adjacent to an activating group) is 1. The first-order chi connectivity index (χ1) is 8.61. The van der Waals surface area contributed by atoms with Crippen LogP contribution in [0.3, 0.4) is 0 Å². The Balaban J connectivity index is 3.93. The van der Waals surface area contributed by atoms with E-state index in [-0.39, 0.29) is 36.7 Å². The van der Waals surface area contributed by atoms with Crippen molar-refractivity contribution in [1.29, 1.82) is 0 Å². The summed E-state index contributed by atoms with van der Waals surface area (Å²) in [5, 5.41) is 11.2. The topological polar surface area (TPSA) is 86.7 Å². The van der Waals surface area contributed by atoms with E-state index in [9.17, 15) is 14.4 Å². The summed E-state index contributed by atoms with van der Waals surface area (Å²) in [4.78, 5) is 35.0. The number of nitrogens with one attached hydrogen (secondary N) is 1. The maximum absolute atomic E-state index is 11.7. The number of aliphatic carboxylic acids is 1. The molecular weight excluding hydrogens is 248 g/mol. The molecule has 0 aromatic heterocycles. The van der Waals surface area contributed by atoms with E-state index in [1.165, 1.54) is 4.90 Å². The van der Waals surface area contributed by atoms with E-state index in [0.29, 0.717) is 12.8 Å². The first kappa shape index (κ1) is 17.4. The summed E-state index contributed by atoms with van der Waals surface area (Å²) in [6.07, 6.45) is 1.34. The van der Waals surface area contributed by atoms with Crippen LogP contribution in [0, 0.1) is 0 Å². The summed E-state index contributed by atoms with van der Waals surface area (Å²) in [6.45, 7) is 5.64. The van der Waals surface area contributed by atoms with Crippen LogP contribution >= 0.6 is 0 Å². The van der Waals surface area contributed by atoms with Crippen molar-refractivity contribution in [3.8, 4) is 0 Å². The highest BCUT2D eigenvalue weighted by atomic mass is 16.4. The van der Waals surface area contributed by atoms with Gasteiger partial charge in [0.15, 0.2) is 0 Å². The number of hydrogen-bond donors (Lipinski definition) is 2. The van der Waals surface area contributed by atoms with Crippen LogP contribution in [-0.4, -0.2) is 46.9 Å². The number of carboxylic acid groups (broad SMARTS) is 1. The summed E-state index contributed by atoms with van der Waals surface area (Å²) in [5.41, 5.74) is -0.317. The summed E-state index contributed by atoms with van der Waals surface area (Å²) in [7, 11) is 1.57. The second kappa shape index (κ2) is 7.76. The van der Waals surface area contributed by atoms with Crippen LogP contribution in [0.4, 0.5) is 0 Å². The summed E-state index contributed by atoms with van der Waals surface area (Å²) in [6, 6.07) is 0. The van der Waals surface area contributed by atoms with Crippen LogP contribution in [0.5, 0.6) is 0 Å². The molecule has 0 bridgehead atoms. The lowest BCUT2D eigenvalue weighted by atomic mass is 10.1. The van der Waals surface area contributed by atoms with Gasteiger partial charge in [0.05, 0.1) is 6.54 Å². The maximum atomic E-state index is 11.7. The molecule has 0 rings (SSSR count). The molecule has 19 heavy (non-hydrogen) atoms. The standard InChI is InChI=1S/C13H24N2O4/c1-13(2,3)14-10(16)9-15(4)11(17)7-5-6-8-12(18)19/h5-9H2,1-4H3,(H,14,16)(H,18,19). The van der Waals surface area contributed by atoms with Gasteiger partial charge in [0.1, 0.15) is 0 Å². The Bertz CT molecular complexity index is 334. The maximum Gasteiger partial charge on any atom is 0.303 e. The molecule has 6 heteroatoms. The minimum Gasteiger partial charge on any atom is -0.481 e. The van der Waals surface area contributed by atoms with Crippen LogP contribution in [0.15, 0.2) is 0 Å². The Morgan fingerprint density at radius 1 is 1.11 bits per heavy atom. The van der Waals surface area contributed by atoms with Crippen LogP contribution < -0.4 is 5.32 Å². The molecule has 0 aliphatic carbocycles. The Kier molecular flexibility index (Phi) is 7.11. The molecule has 0 unspecified atom stereocenters. The molecule has 110 valence electrons. The van der Waals surface area contributed by atoms with Gasteiger partial charge in [-0.05, 0) is 33.6 Å². The molecule has 0 saturated carbocycles. The van der Waals surface area contributed by atoms with Crippen molar-refractivity contribution >= 4 is 17.8 Å². The third-order valence-electron chi connectivity index (χ3n) is 2.35. The fourth-order valence-corrected chi connectivity index (χ4v) is 1.50. The lowest BCUT2D eigenvalue weighted by molar-refractivity contribution is -0.137. The number of unbranched alkanes of at least 4 members (excludes halogenated alkanes) is 1. The van der Waals surface area contributed by atoms with Crippen molar-refractivity contribution in [2.24, 2.45) is 0 Å². The van der Waals surface area contributed by atoms with Gasteiger partial charge in [-0.15, -0.1) is 0 Å². The van der Waals surface area contributed by atoms with E-state index in [1.54, 1.807) is 7.05 Å². The number of nitrogens with zero attached hydrogens (tertiary/aromatic N) is 1. The van der Waals surface area contributed by atoms with Crippen LogP contribution in [0.2, 0.25) is 0 Å². The lowest BCUT2D eigenvalue weighted by Gasteiger charge is -2.23. The largest absolute Gasteiger partial charge is 0.481 e. The second-order valence-electron chi connectivity index (χ2n) is 5.65. The number of rotatable bonds is 7. The molecule has 2 amide bonds. The van der Waals surface area contributed by atoms with E-state index in [2.05, 4.69) is 5.32 Å². The Hall–Kier alpha value is -1.59. The van der Waals surface area contributed by atoms with Gasteiger partial charge < -0.3 is 15.3 Å². The molecule has 2 N–H and O–H groups in total. The van der Waals surface area contributed by atoms with Gasteiger partial charge in [0.2, 0.25) is 11.8 Å². The van der Waals surface area contributed by atoms with Crippen molar-refractivity contribution in [3.05, 3.63) is 0 Å². The summed E-state index contributed by atoms with van der Waals surface area (Å²) < 4.78 is 0. The second-order valence-corrected chi connectivity index (χ2v) is 5.65. The number of hydrogen-bond acceptors (Lipinski definition) is 3. The first-order valence-electron chi connectivity index (χ1n) is 6.38. The molecule has 0 fully saturated rings. The minimum absolute atomic E-state index is 0.0229. The first-order valence-corrected chi connectivity index (χ1v) is 6.38. The third kappa shape index (κ3) is 10.1. The summed E-state index contributed by atoms with van der Waals surface area (Å²) in [5.74, 6) is -1.20. The number of amides is 2. The van der Waals surface area contributed by atoms with E-state index >= 15 is 0 Å². The number of carbonyl (C=O) groups is 3. The molecule has 0 aliphatic heterocycles. The molecule has 6 nitrogen and oxygen atoms in total. The Morgan fingerprint density at radius 2 is 1.63 bits per heavy atom. The van der Waals surface area contributed by atoms with Crippen molar-refractivity contribution in [2.75, 3.05) is 13.6 Å². The minimum atomic E-state index is -0.856. The zero-order valence-electron chi connectivity index (χ0n) is 12.2. The molecular formula is C13H24N2O4. The molecule has 0 atom stereocenters. The highest BCUT2D eigenvalue weighted by Crippen LogP contribution is 2.03. The van der Waals surface area contributed by atoms with E-state index in [1.807, 2.05) is 20.8 Å². The van der Waals surface area contributed by atoms with Gasteiger partial charge in [-0.3, -0.25) is 14.4 Å². The molecule has 0 aromatic rings. The van der Waals surface area contributed by atoms with Gasteiger partial charge in [-0.25, -0.2) is 0 Å². The molecule has 0 saturated heterocycles. The average Bonchev–Trinajstić information content (AvgIpc) is 2.20. The Morgan fingerprint density at radius 3 is 2.11 bits per heavy atom. The summed E-state index contributed by atoms with van der Waals surface area (Å²) >= 11 is 0. The van der Waals surface area contributed by atoms with Crippen molar-refractivity contribution in [2.45, 2.75) is 52.0 Å². The smallest absolute Gasteiger partial charge is 0.303 e. The normalized spacial score (nSPS) is 10.9. The van der Waals surface area contributed by atoms with Gasteiger partial charge >= 0.3 is 5.97 Å². The van der Waals surface area contributed by atoms with Crippen LogP contribution in [0.1, 0.15) is 46.5 Å². The SMILES string of the molecule is CN(CC(=O)NC(C)(C)C)C(=O)CCCCC(=O)O. The molecule has 0 radical (unpaired) electrons. The zero-order valence-corrected chi connectivity index (χ0v) is 12.2. The van der Waals surface area contributed by atoms with Crippen molar-refractivity contribution < 1.29 is 19.5 Å². The predicted molar refractivity (Wildman–Crippen MR) is 71.6 cm³/mol. The van der Waals surface area contributed by atoms with Gasteiger partial charge in [-0.1, -0.05) is 0 Å². The zero-order chi connectivity index (χ0) is 15.1. The fourth-order valence-electron chi connectivity index (χ4n) is 1.50. The van der Waals surface area contributed by atoms with Gasteiger partial charge in [-0.2, -0.15) is 0 Å². The highest BCUT2D eigenvalue weighted by molar-refractivity contribution is 5.84. The quantitative estimate of drug-likeness (QED) is 0.677. The third-order valence-corrected chi connectivity index (χ3v) is 2.35. The number of carboxylic acids is 1. The van der Waals surface area contributed by atoms with E-state index in [4.69, 9.17) is 5.11 Å². The fraction of sp³-hybridized carbons (Fsp3) is 0.769.